The van der Waals surface area contributed by atoms with Gasteiger partial charge in [-0.2, -0.15) is 5.10 Å². The predicted octanol–water partition coefficient (Wildman–Crippen LogP) is 1.77. The fraction of sp³-hybridized carbons (Fsp3) is 0.389. The zero-order valence-corrected chi connectivity index (χ0v) is 15.0. The number of nitrogens with zero attached hydrogens (tertiary/aromatic N) is 4. The maximum atomic E-state index is 12.7. The number of benzene rings is 1. The molecular formula is C18H21N5O4. The van der Waals surface area contributed by atoms with Crippen LogP contribution in [-0.4, -0.2) is 51.1 Å². The van der Waals surface area contributed by atoms with E-state index in [0.29, 0.717) is 25.3 Å². The average Bonchev–Trinajstić information content (AvgIpc) is 3.18. The van der Waals surface area contributed by atoms with Crippen LogP contribution in [0.1, 0.15) is 30.3 Å². The number of carbonyl (C=O) groups excluding carboxylic acids is 2. The Morgan fingerprint density at radius 2 is 2.04 bits per heavy atom. The molecule has 1 atom stereocenters. The third kappa shape index (κ3) is 4.13. The Morgan fingerprint density at radius 3 is 2.70 bits per heavy atom. The molecule has 1 saturated heterocycles. The molecule has 1 aliphatic heterocycles. The molecule has 142 valence electrons. The van der Waals surface area contributed by atoms with Crippen LogP contribution in [0.25, 0.3) is 5.69 Å². The number of hydrogen-bond donors (Lipinski definition) is 1. The number of likely N-dealkylation sites (tertiary alicyclic amines) is 1. The third-order valence-electron chi connectivity index (χ3n) is 4.56. The van der Waals surface area contributed by atoms with Crippen LogP contribution in [0.15, 0.2) is 36.5 Å². The Labute approximate surface area is 156 Å². The van der Waals surface area contributed by atoms with Crippen molar-refractivity contribution in [2.45, 2.75) is 19.8 Å². The summed E-state index contributed by atoms with van der Waals surface area (Å²) in [7, 11) is 0. The quantitative estimate of drug-likeness (QED) is 0.636. The Balaban J connectivity index is 1.71. The number of nitrogens with one attached hydrogen (secondary N) is 1. The number of hydrogen-bond acceptors (Lipinski definition) is 5. The molecule has 1 fully saturated rings. The van der Waals surface area contributed by atoms with Gasteiger partial charge in [-0.1, -0.05) is 0 Å². The second-order valence-corrected chi connectivity index (χ2v) is 6.40. The summed E-state index contributed by atoms with van der Waals surface area (Å²) in [5, 5.41) is 17.8. The molecule has 2 aromatic rings. The lowest BCUT2D eigenvalue weighted by Gasteiger charge is -2.31. The number of nitro benzene ring substituents is 1. The van der Waals surface area contributed by atoms with Crippen LogP contribution in [0.2, 0.25) is 0 Å². The number of piperidine rings is 1. The van der Waals surface area contributed by atoms with Gasteiger partial charge in [-0.25, -0.2) is 4.68 Å². The van der Waals surface area contributed by atoms with Crippen molar-refractivity contribution in [2.24, 2.45) is 5.92 Å². The van der Waals surface area contributed by atoms with Crippen LogP contribution < -0.4 is 5.32 Å². The van der Waals surface area contributed by atoms with Gasteiger partial charge in [0.05, 0.1) is 16.5 Å². The van der Waals surface area contributed by atoms with Crippen molar-refractivity contribution in [1.29, 1.82) is 0 Å². The summed E-state index contributed by atoms with van der Waals surface area (Å²) >= 11 is 0. The molecule has 2 heterocycles. The molecule has 3 rings (SSSR count). The molecule has 1 aliphatic rings. The van der Waals surface area contributed by atoms with Crippen molar-refractivity contribution in [3.8, 4) is 5.69 Å². The van der Waals surface area contributed by atoms with Gasteiger partial charge < -0.3 is 10.2 Å². The van der Waals surface area contributed by atoms with Gasteiger partial charge in [0.2, 0.25) is 5.91 Å². The van der Waals surface area contributed by atoms with Crippen LogP contribution >= 0.6 is 0 Å². The van der Waals surface area contributed by atoms with Crippen LogP contribution in [0.3, 0.4) is 0 Å². The fourth-order valence-corrected chi connectivity index (χ4v) is 3.17. The molecule has 0 radical (unpaired) electrons. The van der Waals surface area contributed by atoms with E-state index in [4.69, 9.17) is 0 Å². The fourth-order valence-electron chi connectivity index (χ4n) is 3.17. The van der Waals surface area contributed by atoms with E-state index in [1.54, 1.807) is 29.3 Å². The van der Waals surface area contributed by atoms with Gasteiger partial charge in [-0.3, -0.25) is 19.7 Å². The van der Waals surface area contributed by atoms with Crippen molar-refractivity contribution in [3.05, 3.63) is 52.3 Å². The van der Waals surface area contributed by atoms with Gasteiger partial charge in [0.1, 0.15) is 0 Å². The first kappa shape index (κ1) is 18.6. The van der Waals surface area contributed by atoms with E-state index in [2.05, 4.69) is 10.4 Å². The predicted molar refractivity (Wildman–Crippen MR) is 97.5 cm³/mol. The number of amides is 2. The third-order valence-corrected chi connectivity index (χ3v) is 4.56. The molecule has 1 aromatic carbocycles. The van der Waals surface area contributed by atoms with Gasteiger partial charge in [0.15, 0.2) is 5.69 Å². The summed E-state index contributed by atoms with van der Waals surface area (Å²) in [6, 6.07) is 7.54. The summed E-state index contributed by atoms with van der Waals surface area (Å²) in [5.74, 6) is -0.435. The second kappa shape index (κ2) is 7.98. The Morgan fingerprint density at radius 1 is 1.30 bits per heavy atom. The lowest BCUT2D eigenvalue weighted by atomic mass is 9.97. The summed E-state index contributed by atoms with van der Waals surface area (Å²) in [4.78, 5) is 36.7. The summed E-state index contributed by atoms with van der Waals surface area (Å²) < 4.78 is 1.50. The molecule has 1 N–H and O–H groups in total. The van der Waals surface area contributed by atoms with Crippen LogP contribution in [0.4, 0.5) is 5.69 Å². The van der Waals surface area contributed by atoms with Gasteiger partial charge in [0, 0.05) is 38.0 Å². The summed E-state index contributed by atoms with van der Waals surface area (Å²) in [6.45, 7) is 3.42. The average molecular weight is 371 g/mol. The zero-order chi connectivity index (χ0) is 19.4. The molecule has 2 amide bonds. The van der Waals surface area contributed by atoms with E-state index in [-0.39, 0.29) is 29.1 Å². The van der Waals surface area contributed by atoms with Crippen molar-refractivity contribution in [2.75, 3.05) is 19.6 Å². The molecular weight excluding hydrogens is 350 g/mol. The van der Waals surface area contributed by atoms with E-state index < -0.39 is 4.92 Å². The number of nitro groups is 1. The Kier molecular flexibility index (Phi) is 5.49. The number of rotatable bonds is 5. The maximum absolute atomic E-state index is 12.7. The smallest absolute Gasteiger partial charge is 0.274 e. The second-order valence-electron chi connectivity index (χ2n) is 6.40. The minimum Gasteiger partial charge on any atom is -0.356 e. The number of aromatic nitrogens is 2. The van der Waals surface area contributed by atoms with Gasteiger partial charge in [-0.05, 0) is 38.0 Å². The molecule has 0 aliphatic carbocycles. The van der Waals surface area contributed by atoms with Crippen molar-refractivity contribution >= 4 is 17.5 Å². The lowest BCUT2D eigenvalue weighted by Crippen LogP contribution is -2.45. The van der Waals surface area contributed by atoms with Gasteiger partial charge in [-0.15, -0.1) is 0 Å². The Hall–Kier alpha value is -3.23. The normalized spacial score (nSPS) is 16.8. The van der Waals surface area contributed by atoms with Gasteiger partial charge >= 0.3 is 0 Å². The minimum atomic E-state index is -0.469. The molecule has 0 saturated carbocycles. The highest BCUT2D eigenvalue weighted by atomic mass is 16.6. The molecule has 9 heteroatoms. The zero-order valence-electron chi connectivity index (χ0n) is 15.0. The SMILES string of the molecule is CCNC(=O)C1CCCN(C(=O)c2ccn(-c3ccc([N+](=O)[O-])cc3)n2)C1. The van der Waals surface area contributed by atoms with E-state index in [0.717, 1.165) is 12.8 Å². The lowest BCUT2D eigenvalue weighted by molar-refractivity contribution is -0.384. The first-order chi connectivity index (χ1) is 13.0. The number of non-ortho nitro benzene ring substituents is 1. The highest BCUT2D eigenvalue weighted by molar-refractivity contribution is 5.93. The van der Waals surface area contributed by atoms with Crippen molar-refractivity contribution in [3.63, 3.8) is 0 Å². The molecule has 1 aromatic heterocycles. The highest BCUT2D eigenvalue weighted by Crippen LogP contribution is 2.19. The van der Waals surface area contributed by atoms with Crippen LogP contribution in [-0.2, 0) is 4.79 Å². The molecule has 0 spiro atoms. The van der Waals surface area contributed by atoms with E-state index in [1.165, 1.54) is 16.8 Å². The van der Waals surface area contributed by atoms with E-state index in [1.807, 2.05) is 6.92 Å². The Bertz CT molecular complexity index is 846. The summed E-state index contributed by atoms with van der Waals surface area (Å²) in [6.07, 6.45) is 3.18. The van der Waals surface area contributed by atoms with E-state index >= 15 is 0 Å². The first-order valence-corrected chi connectivity index (χ1v) is 8.87. The highest BCUT2D eigenvalue weighted by Gasteiger charge is 2.29. The first-order valence-electron chi connectivity index (χ1n) is 8.87. The molecule has 1 unspecified atom stereocenters. The van der Waals surface area contributed by atoms with Crippen LogP contribution in [0.5, 0.6) is 0 Å². The summed E-state index contributed by atoms with van der Waals surface area (Å²) in [5.41, 5.74) is 0.898. The minimum absolute atomic E-state index is 0.00748. The van der Waals surface area contributed by atoms with Crippen molar-refractivity contribution < 1.29 is 14.5 Å². The van der Waals surface area contributed by atoms with Gasteiger partial charge in [0.25, 0.3) is 11.6 Å². The van der Waals surface area contributed by atoms with E-state index in [9.17, 15) is 19.7 Å². The van der Waals surface area contributed by atoms with Crippen LogP contribution in [0, 0.1) is 16.0 Å². The largest absolute Gasteiger partial charge is 0.356 e. The topological polar surface area (TPSA) is 110 Å². The molecule has 9 nitrogen and oxygen atoms in total. The standard InChI is InChI=1S/C18H21N5O4/c1-2-19-17(24)13-4-3-10-21(12-13)18(25)16-9-11-22(20-16)14-5-7-15(8-6-14)23(26)27/h5-9,11,13H,2-4,10,12H2,1H3,(H,19,24). The maximum Gasteiger partial charge on any atom is 0.274 e. The van der Waals surface area contributed by atoms with Crippen molar-refractivity contribution in [1.82, 2.24) is 20.0 Å². The monoisotopic (exact) mass is 371 g/mol. The molecule has 0 bridgehead atoms. The number of carbonyl (C=O) groups is 2. The molecule has 27 heavy (non-hydrogen) atoms.